The SMILES string of the molecule is CC(C)C1SCC(C(=O)O)N1C(=O)CC1(N)CCCCC1. The zero-order chi connectivity index (χ0) is 15.6. The van der Waals surface area contributed by atoms with Gasteiger partial charge in [0.15, 0.2) is 0 Å². The Morgan fingerprint density at radius 1 is 1.33 bits per heavy atom. The molecule has 1 aliphatic heterocycles. The Balaban J connectivity index is 2.11. The zero-order valence-corrected chi connectivity index (χ0v) is 13.7. The van der Waals surface area contributed by atoms with Gasteiger partial charge in [-0.2, -0.15) is 0 Å². The van der Waals surface area contributed by atoms with E-state index in [1.807, 2.05) is 13.8 Å². The van der Waals surface area contributed by atoms with E-state index in [2.05, 4.69) is 0 Å². The first kappa shape index (κ1) is 16.6. The second-order valence-corrected chi connectivity index (χ2v) is 7.87. The van der Waals surface area contributed by atoms with Crippen molar-refractivity contribution in [2.24, 2.45) is 11.7 Å². The number of thioether (sulfide) groups is 1. The zero-order valence-electron chi connectivity index (χ0n) is 12.9. The van der Waals surface area contributed by atoms with Gasteiger partial charge in [-0.05, 0) is 18.8 Å². The van der Waals surface area contributed by atoms with Crippen molar-refractivity contribution in [1.29, 1.82) is 0 Å². The Hall–Kier alpha value is -0.750. The summed E-state index contributed by atoms with van der Waals surface area (Å²) in [5.41, 5.74) is 5.93. The quantitative estimate of drug-likeness (QED) is 0.829. The van der Waals surface area contributed by atoms with Crippen LogP contribution in [0.2, 0.25) is 0 Å². The standard InChI is InChI=1S/C15H26N2O3S/c1-10(2)13-17(11(9-21-13)14(19)20)12(18)8-15(16)6-4-3-5-7-15/h10-11,13H,3-9,16H2,1-2H3,(H,19,20). The highest BCUT2D eigenvalue weighted by Crippen LogP contribution is 2.36. The lowest BCUT2D eigenvalue weighted by Gasteiger charge is -2.36. The van der Waals surface area contributed by atoms with Crippen LogP contribution < -0.4 is 5.73 Å². The van der Waals surface area contributed by atoms with E-state index in [0.717, 1.165) is 25.7 Å². The molecule has 2 unspecified atom stereocenters. The van der Waals surface area contributed by atoms with E-state index in [4.69, 9.17) is 5.73 Å². The van der Waals surface area contributed by atoms with E-state index in [1.54, 1.807) is 16.7 Å². The van der Waals surface area contributed by atoms with E-state index < -0.39 is 17.6 Å². The van der Waals surface area contributed by atoms with E-state index in [9.17, 15) is 14.7 Å². The van der Waals surface area contributed by atoms with Gasteiger partial charge in [0.1, 0.15) is 6.04 Å². The molecule has 0 bridgehead atoms. The molecule has 1 heterocycles. The molecule has 2 atom stereocenters. The van der Waals surface area contributed by atoms with E-state index in [0.29, 0.717) is 5.75 Å². The molecule has 0 aromatic rings. The number of hydrogen-bond donors (Lipinski definition) is 2. The molecular weight excluding hydrogens is 288 g/mol. The largest absolute Gasteiger partial charge is 0.480 e. The van der Waals surface area contributed by atoms with Gasteiger partial charge in [0.2, 0.25) is 5.91 Å². The number of aliphatic carboxylic acids is 1. The fraction of sp³-hybridized carbons (Fsp3) is 0.867. The molecule has 2 aliphatic rings. The maximum Gasteiger partial charge on any atom is 0.327 e. The number of carbonyl (C=O) groups is 2. The van der Waals surface area contributed by atoms with Gasteiger partial charge >= 0.3 is 5.97 Å². The van der Waals surface area contributed by atoms with E-state index in [-0.39, 0.29) is 23.6 Å². The van der Waals surface area contributed by atoms with Crippen LogP contribution in [0.15, 0.2) is 0 Å². The molecule has 2 fully saturated rings. The molecule has 3 N–H and O–H groups in total. The van der Waals surface area contributed by atoms with E-state index in [1.165, 1.54) is 6.42 Å². The number of nitrogens with two attached hydrogens (primary N) is 1. The van der Waals surface area contributed by atoms with Crippen LogP contribution in [0.5, 0.6) is 0 Å². The predicted molar refractivity (Wildman–Crippen MR) is 84.0 cm³/mol. The van der Waals surface area contributed by atoms with Crippen molar-refractivity contribution in [3.8, 4) is 0 Å². The molecule has 21 heavy (non-hydrogen) atoms. The lowest BCUT2D eigenvalue weighted by atomic mass is 9.80. The highest BCUT2D eigenvalue weighted by atomic mass is 32.2. The predicted octanol–water partition coefficient (Wildman–Crippen LogP) is 2.05. The summed E-state index contributed by atoms with van der Waals surface area (Å²) < 4.78 is 0. The van der Waals surface area contributed by atoms with Gasteiger partial charge < -0.3 is 15.7 Å². The van der Waals surface area contributed by atoms with Crippen molar-refractivity contribution in [2.45, 2.75) is 69.3 Å². The summed E-state index contributed by atoms with van der Waals surface area (Å²) in [4.78, 5) is 25.7. The van der Waals surface area contributed by atoms with Crippen molar-refractivity contribution in [3.63, 3.8) is 0 Å². The number of hydrogen-bond acceptors (Lipinski definition) is 4. The Morgan fingerprint density at radius 3 is 2.48 bits per heavy atom. The van der Waals surface area contributed by atoms with Crippen LogP contribution in [0.4, 0.5) is 0 Å². The summed E-state index contributed by atoms with van der Waals surface area (Å²) in [7, 11) is 0. The molecule has 0 radical (unpaired) electrons. The molecule has 1 saturated heterocycles. The molecule has 1 saturated carbocycles. The maximum absolute atomic E-state index is 12.7. The third kappa shape index (κ3) is 3.72. The Kier molecular flexibility index (Phi) is 5.20. The van der Waals surface area contributed by atoms with Crippen LogP contribution in [-0.4, -0.2) is 44.6 Å². The first-order valence-corrected chi connectivity index (χ1v) is 8.83. The van der Waals surface area contributed by atoms with Gasteiger partial charge in [-0.15, -0.1) is 11.8 Å². The fourth-order valence-electron chi connectivity index (χ4n) is 3.37. The van der Waals surface area contributed by atoms with Crippen LogP contribution >= 0.6 is 11.8 Å². The van der Waals surface area contributed by atoms with Gasteiger partial charge in [0.05, 0.1) is 5.37 Å². The van der Waals surface area contributed by atoms with Crippen molar-refractivity contribution >= 4 is 23.6 Å². The molecular formula is C15H26N2O3S. The third-order valence-electron chi connectivity index (χ3n) is 4.53. The lowest BCUT2D eigenvalue weighted by Crippen LogP contribution is -2.52. The summed E-state index contributed by atoms with van der Waals surface area (Å²) in [5, 5.41) is 9.31. The van der Waals surface area contributed by atoms with Crippen molar-refractivity contribution < 1.29 is 14.7 Å². The molecule has 120 valence electrons. The van der Waals surface area contributed by atoms with Crippen molar-refractivity contribution in [2.75, 3.05) is 5.75 Å². The number of rotatable bonds is 4. The van der Waals surface area contributed by atoms with Crippen LogP contribution in [0, 0.1) is 5.92 Å². The third-order valence-corrected chi connectivity index (χ3v) is 6.15. The number of nitrogens with zero attached hydrogens (tertiary/aromatic N) is 1. The summed E-state index contributed by atoms with van der Waals surface area (Å²) >= 11 is 1.57. The lowest BCUT2D eigenvalue weighted by molar-refractivity contribution is -0.150. The van der Waals surface area contributed by atoms with Crippen LogP contribution in [0.25, 0.3) is 0 Å². The topological polar surface area (TPSA) is 83.6 Å². The highest BCUT2D eigenvalue weighted by molar-refractivity contribution is 8.00. The minimum Gasteiger partial charge on any atom is -0.480 e. The normalized spacial score (nSPS) is 28.9. The minimum atomic E-state index is -0.909. The van der Waals surface area contributed by atoms with Gasteiger partial charge in [-0.25, -0.2) is 4.79 Å². The second-order valence-electron chi connectivity index (χ2n) is 6.72. The Labute approximate surface area is 130 Å². The van der Waals surface area contributed by atoms with Gasteiger partial charge in [-0.1, -0.05) is 33.1 Å². The Morgan fingerprint density at radius 2 is 1.95 bits per heavy atom. The van der Waals surface area contributed by atoms with Crippen molar-refractivity contribution in [3.05, 3.63) is 0 Å². The highest BCUT2D eigenvalue weighted by Gasteiger charge is 2.44. The Bertz CT molecular complexity index is 408. The number of carboxylic acids is 1. The summed E-state index contributed by atoms with van der Waals surface area (Å²) in [6.07, 6.45) is 5.32. The summed E-state index contributed by atoms with van der Waals surface area (Å²) in [5.74, 6) is -0.283. The number of amides is 1. The first-order valence-electron chi connectivity index (χ1n) is 7.78. The van der Waals surface area contributed by atoms with Crippen LogP contribution in [0.1, 0.15) is 52.4 Å². The monoisotopic (exact) mass is 314 g/mol. The number of carbonyl (C=O) groups excluding carboxylic acids is 1. The second kappa shape index (κ2) is 6.57. The van der Waals surface area contributed by atoms with Crippen molar-refractivity contribution in [1.82, 2.24) is 4.90 Å². The fourth-order valence-corrected chi connectivity index (χ4v) is 4.87. The molecule has 1 amide bonds. The maximum atomic E-state index is 12.7. The molecule has 0 spiro atoms. The van der Waals surface area contributed by atoms with Crippen LogP contribution in [0.3, 0.4) is 0 Å². The molecule has 5 nitrogen and oxygen atoms in total. The van der Waals surface area contributed by atoms with Gasteiger partial charge in [0.25, 0.3) is 0 Å². The molecule has 0 aromatic carbocycles. The van der Waals surface area contributed by atoms with E-state index >= 15 is 0 Å². The summed E-state index contributed by atoms with van der Waals surface area (Å²) in [6.45, 7) is 4.06. The number of carboxylic acid groups (broad SMARTS) is 1. The smallest absolute Gasteiger partial charge is 0.327 e. The summed E-state index contributed by atoms with van der Waals surface area (Å²) in [6, 6.07) is -0.706. The molecule has 2 rings (SSSR count). The van der Waals surface area contributed by atoms with Gasteiger partial charge in [-0.3, -0.25) is 4.79 Å². The molecule has 6 heteroatoms. The molecule has 0 aromatic heterocycles. The minimum absolute atomic E-state index is 0.0502. The molecule has 1 aliphatic carbocycles. The van der Waals surface area contributed by atoms with Gasteiger partial charge in [0, 0.05) is 17.7 Å². The average molecular weight is 314 g/mol. The van der Waals surface area contributed by atoms with Crippen LogP contribution in [-0.2, 0) is 9.59 Å². The first-order chi connectivity index (χ1) is 9.84. The average Bonchev–Trinajstić information content (AvgIpc) is 2.84.